The zero-order chi connectivity index (χ0) is 11.0. The van der Waals surface area contributed by atoms with Gasteiger partial charge in [0.2, 0.25) is 0 Å². The molecule has 0 fully saturated rings. The minimum Gasteiger partial charge on any atom is -0.364 e. The van der Waals surface area contributed by atoms with Crippen LogP contribution in [0.1, 0.15) is 10.6 Å². The summed E-state index contributed by atoms with van der Waals surface area (Å²) < 4.78 is 2.50. The van der Waals surface area contributed by atoms with Gasteiger partial charge in [0.1, 0.15) is 10.4 Å². The fourth-order valence-electron chi connectivity index (χ4n) is 1.54. The maximum atomic E-state index is 10.9. The Morgan fingerprint density at radius 3 is 2.80 bits per heavy atom. The molecule has 5 heteroatoms. The highest BCUT2D eigenvalue weighted by Crippen LogP contribution is 2.23. The molecule has 15 heavy (non-hydrogen) atoms. The third kappa shape index (κ3) is 1.52. The highest BCUT2D eigenvalue weighted by molar-refractivity contribution is 9.10. The van der Waals surface area contributed by atoms with Crippen LogP contribution in [-0.4, -0.2) is 29.8 Å². The van der Waals surface area contributed by atoms with E-state index in [9.17, 15) is 4.79 Å². The maximum Gasteiger partial charge on any atom is 0.186 e. The van der Waals surface area contributed by atoms with Crippen LogP contribution in [0.3, 0.4) is 0 Å². The van der Waals surface area contributed by atoms with Gasteiger partial charge in [-0.15, -0.1) is 0 Å². The molecule has 0 saturated heterocycles. The smallest absolute Gasteiger partial charge is 0.186 e. The average molecular weight is 268 g/mol. The average Bonchev–Trinajstić information content (AvgIpc) is 2.55. The van der Waals surface area contributed by atoms with E-state index in [1.165, 1.54) is 0 Å². The van der Waals surface area contributed by atoms with Crippen LogP contribution in [0.15, 0.2) is 22.8 Å². The van der Waals surface area contributed by atoms with Crippen LogP contribution in [0.4, 0.5) is 5.82 Å². The summed E-state index contributed by atoms with van der Waals surface area (Å²) in [4.78, 5) is 17.0. The molecule has 2 aromatic rings. The number of aromatic nitrogens is 2. The van der Waals surface area contributed by atoms with Gasteiger partial charge in [-0.1, -0.05) is 6.07 Å². The molecular formula is C10H10BrN3O. The number of imidazole rings is 1. The highest BCUT2D eigenvalue weighted by Gasteiger charge is 2.11. The first-order chi connectivity index (χ1) is 7.15. The number of carbonyl (C=O) groups is 1. The molecule has 0 amide bonds. The molecule has 0 unspecified atom stereocenters. The van der Waals surface area contributed by atoms with Gasteiger partial charge in [-0.05, 0) is 28.1 Å². The van der Waals surface area contributed by atoms with Gasteiger partial charge in [-0.3, -0.25) is 9.20 Å². The Labute approximate surface area is 95.7 Å². The van der Waals surface area contributed by atoms with Gasteiger partial charge >= 0.3 is 0 Å². The SMILES string of the molecule is CN(C)c1cccc2c(Br)nc(C=O)n12. The Hall–Kier alpha value is -1.36. The third-order valence-electron chi connectivity index (χ3n) is 2.19. The van der Waals surface area contributed by atoms with Crippen molar-refractivity contribution in [3.8, 4) is 0 Å². The molecule has 0 saturated carbocycles. The lowest BCUT2D eigenvalue weighted by atomic mass is 10.4. The fraction of sp³-hybridized carbons (Fsp3) is 0.200. The Morgan fingerprint density at radius 2 is 2.20 bits per heavy atom. The van der Waals surface area contributed by atoms with Crippen molar-refractivity contribution in [2.24, 2.45) is 0 Å². The Kier molecular flexibility index (Phi) is 2.48. The summed E-state index contributed by atoms with van der Waals surface area (Å²) in [7, 11) is 3.86. The number of hydrogen-bond acceptors (Lipinski definition) is 3. The van der Waals surface area contributed by atoms with Gasteiger partial charge in [0.25, 0.3) is 0 Å². The van der Waals surface area contributed by atoms with E-state index in [0.29, 0.717) is 10.4 Å². The van der Waals surface area contributed by atoms with Crippen molar-refractivity contribution in [2.75, 3.05) is 19.0 Å². The van der Waals surface area contributed by atoms with Crippen LogP contribution in [0.25, 0.3) is 5.52 Å². The first kappa shape index (κ1) is 10.2. The molecule has 0 bridgehead atoms. The topological polar surface area (TPSA) is 37.6 Å². The Morgan fingerprint density at radius 1 is 1.47 bits per heavy atom. The van der Waals surface area contributed by atoms with E-state index in [0.717, 1.165) is 17.6 Å². The van der Waals surface area contributed by atoms with Crippen LogP contribution < -0.4 is 4.90 Å². The molecule has 0 atom stereocenters. The minimum atomic E-state index is 0.404. The molecule has 0 spiro atoms. The van der Waals surface area contributed by atoms with Gasteiger partial charge in [-0.2, -0.15) is 0 Å². The van der Waals surface area contributed by atoms with Crippen LogP contribution in [0, 0.1) is 0 Å². The first-order valence-electron chi connectivity index (χ1n) is 4.44. The van der Waals surface area contributed by atoms with Gasteiger partial charge in [0.15, 0.2) is 12.1 Å². The van der Waals surface area contributed by atoms with Crippen molar-refractivity contribution in [2.45, 2.75) is 0 Å². The standard InChI is InChI=1S/C10H10BrN3O/c1-13(2)9-5-3-4-7-10(11)12-8(6-15)14(7)9/h3-6H,1-2H3. The minimum absolute atomic E-state index is 0.404. The normalized spacial score (nSPS) is 10.6. The van der Waals surface area contributed by atoms with Crippen LogP contribution in [0.5, 0.6) is 0 Å². The summed E-state index contributed by atoms with van der Waals surface area (Å²) in [6.07, 6.45) is 0.755. The van der Waals surface area contributed by atoms with E-state index in [1.807, 2.05) is 41.6 Å². The molecule has 78 valence electrons. The molecule has 2 rings (SSSR count). The number of hydrogen-bond donors (Lipinski definition) is 0. The number of nitrogens with zero attached hydrogens (tertiary/aromatic N) is 3. The van der Waals surface area contributed by atoms with Crippen molar-refractivity contribution >= 4 is 33.6 Å². The molecule has 4 nitrogen and oxygen atoms in total. The maximum absolute atomic E-state index is 10.9. The van der Waals surface area contributed by atoms with E-state index in [1.54, 1.807) is 0 Å². The van der Waals surface area contributed by atoms with Gasteiger partial charge in [0.05, 0.1) is 5.52 Å². The van der Waals surface area contributed by atoms with Gasteiger partial charge < -0.3 is 4.90 Å². The quantitative estimate of drug-likeness (QED) is 0.781. The zero-order valence-electron chi connectivity index (χ0n) is 8.44. The number of halogens is 1. The van der Waals surface area contributed by atoms with Gasteiger partial charge in [0, 0.05) is 14.1 Å². The first-order valence-corrected chi connectivity index (χ1v) is 5.24. The number of rotatable bonds is 2. The fourth-order valence-corrected chi connectivity index (χ4v) is 2.03. The summed E-state index contributed by atoms with van der Waals surface area (Å²) in [5, 5.41) is 0. The predicted octanol–water partition coefficient (Wildman–Crippen LogP) is 1.98. The second-order valence-electron chi connectivity index (χ2n) is 3.38. The molecule has 2 aromatic heterocycles. The molecular weight excluding hydrogens is 258 g/mol. The molecule has 0 aromatic carbocycles. The Bertz CT molecular complexity index is 519. The lowest BCUT2D eigenvalue weighted by molar-refractivity contribution is 0.111. The summed E-state index contributed by atoms with van der Waals surface area (Å²) in [6.45, 7) is 0. The molecule has 0 N–H and O–H groups in total. The van der Waals surface area contributed by atoms with Crippen LogP contribution >= 0.6 is 15.9 Å². The van der Waals surface area contributed by atoms with Crippen LogP contribution in [-0.2, 0) is 0 Å². The molecule has 0 aliphatic rings. The number of aldehydes is 1. The summed E-state index contributed by atoms with van der Waals surface area (Å²) in [6, 6.07) is 5.79. The van der Waals surface area contributed by atoms with Crippen molar-refractivity contribution in [3.05, 3.63) is 28.6 Å². The zero-order valence-corrected chi connectivity index (χ0v) is 10.0. The third-order valence-corrected chi connectivity index (χ3v) is 2.77. The lowest BCUT2D eigenvalue weighted by Gasteiger charge is -2.14. The monoisotopic (exact) mass is 267 g/mol. The summed E-state index contributed by atoms with van der Waals surface area (Å²) in [5.74, 6) is 1.33. The molecule has 2 heterocycles. The van der Waals surface area contributed by atoms with Crippen molar-refractivity contribution < 1.29 is 4.79 Å². The van der Waals surface area contributed by atoms with Crippen molar-refractivity contribution in [3.63, 3.8) is 0 Å². The lowest BCUT2D eigenvalue weighted by Crippen LogP contribution is -2.13. The van der Waals surface area contributed by atoms with Crippen molar-refractivity contribution in [1.29, 1.82) is 0 Å². The van der Waals surface area contributed by atoms with Crippen molar-refractivity contribution in [1.82, 2.24) is 9.38 Å². The second-order valence-corrected chi connectivity index (χ2v) is 4.13. The largest absolute Gasteiger partial charge is 0.364 e. The van der Waals surface area contributed by atoms with Gasteiger partial charge in [-0.25, -0.2) is 4.98 Å². The van der Waals surface area contributed by atoms with E-state index in [2.05, 4.69) is 20.9 Å². The van der Waals surface area contributed by atoms with E-state index in [4.69, 9.17) is 0 Å². The number of pyridine rings is 1. The highest BCUT2D eigenvalue weighted by atomic mass is 79.9. The van der Waals surface area contributed by atoms with E-state index >= 15 is 0 Å². The predicted molar refractivity (Wildman–Crippen MR) is 62.6 cm³/mol. The number of anilines is 1. The van der Waals surface area contributed by atoms with E-state index < -0.39 is 0 Å². The molecule has 0 aliphatic heterocycles. The number of fused-ring (bicyclic) bond motifs is 1. The van der Waals surface area contributed by atoms with E-state index in [-0.39, 0.29) is 0 Å². The molecule has 0 radical (unpaired) electrons. The summed E-state index contributed by atoms with van der Waals surface area (Å²) in [5.41, 5.74) is 0.892. The molecule has 0 aliphatic carbocycles. The van der Waals surface area contributed by atoms with Crippen LogP contribution in [0.2, 0.25) is 0 Å². The Balaban J connectivity index is 2.88. The second kappa shape index (κ2) is 3.66. The summed E-state index contributed by atoms with van der Waals surface area (Å²) >= 11 is 3.33. The number of carbonyl (C=O) groups excluding carboxylic acids is 1.